The van der Waals surface area contributed by atoms with Crippen molar-refractivity contribution >= 4 is 40.9 Å². The van der Waals surface area contributed by atoms with Crippen molar-refractivity contribution < 1.29 is 14.3 Å². The zero-order valence-electron chi connectivity index (χ0n) is 17.0. The fourth-order valence-electron chi connectivity index (χ4n) is 2.93. The number of hydrogen-bond donors (Lipinski definition) is 2. The van der Waals surface area contributed by atoms with E-state index in [1.165, 1.54) is 11.8 Å². The summed E-state index contributed by atoms with van der Waals surface area (Å²) >= 11 is 7.26. The monoisotopic (exact) mass is 459 g/mol. The Morgan fingerprint density at radius 2 is 2.00 bits per heavy atom. The molecule has 0 aliphatic heterocycles. The first-order valence-corrected chi connectivity index (χ1v) is 10.9. The van der Waals surface area contributed by atoms with Gasteiger partial charge in [-0.2, -0.15) is 0 Å². The smallest absolute Gasteiger partial charge is 0.250 e. The second kappa shape index (κ2) is 10.3. The van der Waals surface area contributed by atoms with Crippen molar-refractivity contribution in [1.29, 1.82) is 0 Å². The molecule has 0 spiro atoms. The molecular formula is C21H22ClN5O3S. The van der Waals surface area contributed by atoms with Crippen LogP contribution in [0.15, 0.2) is 53.7 Å². The second-order valence-corrected chi connectivity index (χ2v) is 7.93. The number of nitrogens with zero attached hydrogens (tertiary/aromatic N) is 3. The SMILES string of the molecule is CCn1c(SCC(=O)Nc2ccccc2C(N)=O)nnc1C(C)Oc1cccc(Cl)c1. The van der Waals surface area contributed by atoms with Crippen LogP contribution >= 0.6 is 23.4 Å². The molecule has 8 nitrogen and oxygen atoms in total. The van der Waals surface area contributed by atoms with Crippen molar-refractivity contribution in [3.05, 3.63) is 64.9 Å². The Bertz CT molecular complexity index is 1090. The Hall–Kier alpha value is -3.04. The summed E-state index contributed by atoms with van der Waals surface area (Å²) in [6.45, 7) is 4.45. The number of nitrogens with one attached hydrogen (secondary N) is 1. The normalized spacial score (nSPS) is 11.7. The highest BCUT2D eigenvalue weighted by molar-refractivity contribution is 7.99. The number of primary amides is 1. The number of amides is 2. The van der Waals surface area contributed by atoms with Gasteiger partial charge in [0.1, 0.15) is 5.75 Å². The van der Waals surface area contributed by atoms with Crippen LogP contribution in [0.25, 0.3) is 0 Å². The Balaban J connectivity index is 1.65. The molecule has 2 aromatic carbocycles. The van der Waals surface area contributed by atoms with Crippen molar-refractivity contribution in [1.82, 2.24) is 14.8 Å². The molecule has 3 rings (SSSR count). The molecule has 0 aliphatic rings. The summed E-state index contributed by atoms with van der Waals surface area (Å²) in [7, 11) is 0. The van der Waals surface area contributed by atoms with Crippen LogP contribution in [0, 0.1) is 0 Å². The first-order valence-electron chi connectivity index (χ1n) is 9.55. The van der Waals surface area contributed by atoms with Crippen molar-refractivity contribution in [2.45, 2.75) is 31.7 Å². The molecule has 1 atom stereocenters. The van der Waals surface area contributed by atoms with E-state index < -0.39 is 5.91 Å². The molecule has 3 aromatic rings. The number of thioether (sulfide) groups is 1. The molecule has 10 heteroatoms. The number of aromatic nitrogens is 3. The number of anilines is 1. The largest absolute Gasteiger partial charge is 0.483 e. The van der Waals surface area contributed by atoms with E-state index in [9.17, 15) is 9.59 Å². The summed E-state index contributed by atoms with van der Waals surface area (Å²) < 4.78 is 7.83. The van der Waals surface area contributed by atoms with Crippen LogP contribution in [-0.4, -0.2) is 32.3 Å². The molecular weight excluding hydrogens is 438 g/mol. The van der Waals surface area contributed by atoms with Gasteiger partial charge in [0.05, 0.1) is 17.0 Å². The third kappa shape index (κ3) is 5.77. The quantitative estimate of drug-likeness (QED) is 0.469. The predicted molar refractivity (Wildman–Crippen MR) is 121 cm³/mol. The van der Waals surface area contributed by atoms with Gasteiger partial charge in [-0.25, -0.2) is 0 Å². The van der Waals surface area contributed by atoms with E-state index in [1.54, 1.807) is 36.4 Å². The molecule has 0 fully saturated rings. The zero-order valence-corrected chi connectivity index (χ0v) is 18.6. The van der Waals surface area contributed by atoms with E-state index >= 15 is 0 Å². The maximum absolute atomic E-state index is 12.4. The van der Waals surface area contributed by atoms with Gasteiger partial charge in [0.2, 0.25) is 5.91 Å². The van der Waals surface area contributed by atoms with Gasteiger partial charge in [0, 0.05) is 11.6 Å². The molecule has 0 radical (unpaired) electrons. The maximum atomic E-state index is 12.4. The van der Waals surface area contributed by atoms with Crippen LogP contribution < -0.4 is 15.8 Å². The highest BCUT2D eigenvalue weighted by Gasteiger charge is 2.20. The fraction of sp³-hybridized carbons (Fsp3) is 0.238. The Kier molecular flexibility index (Phi) is 7.54. The highest BCUT2D eigenvalue weighted by Crippen LogP contribution is 2.26. The van der Waals surface area contributed by atoms with Gasteiger partial charge in [-0.3, -0.25) is 9.59 Å². The number of hydrogen-bond acceptors (Lipinski definition) is 6. The molecule has 31 heavy (non-hydrogen) atoms. The fourth-order valence-corrected chi connectivity index (χ4v) is 3.91. The third-order valence-corrected chi connectivity index (χ3v) is 5.54. The van der Waals surface area contributed by atoms with Crippen LogP contribution in [-0.2, 0) is 11.3 Å². The molecule has 0 saturated carbocycles. The van der Waals surface area contributed by atoms with E-state index in [-0.39, 0.29) is 23.3 Å². The van der Waals surface area contributed by atoms with Crippen LogP contribution in [0.1, 0.15) is 36.1 Å². The Labute approximate surface area is 189 Å². The molecule has 0 bridgehead atoms. The first-order chi connectivity index (χ1) is 14.9. The number of ether oxygens (including phenoxy) is 1. The summed E-state index contributed by atoms with van der Waals surface area (Å²) in [5.41, 5.74) is 5.98. The maximum Gasteiger partial charge on any atom is 0.250 e. The lowest BCUT2D eigenvalue weighted by Crippen LogP contribution is -2.19. The van der Waals surface area contributed by atoms with Crippen molar-refractivity contribution in [2.75, 3.05) is 11.1 Å². The number of carbonyl (C=O) groups excluding carboxylic acids is 2. The minimum Gasteiger partial charge on any atom is -0.483 e. The number of para-hydroxylation sites is 1. The summed E-state index contributed by atoms with van der Waals surface area (Å²) in [4.78, 5) is 23.9. The predicted octanol–water partition coefficient (Wildman–Crippen LogP) is 3.92. The van der Waals surface area contributed by atoms with E-state index in [2.05, 4.69) is 15.5 Å². The van der Waals surface area contributed by atoms with Crippen molar-refractivity contribution in [3.8, 4) is 5.75 Å². The van der Waals surface area contributed by atoms with Crippen molar-refractivity contribution in [3.63, 3.8) is 0 Å². The van der Waals surface area contributed by atoms with Crippen LogP contribution in [0.2, 0.25) is 5.02 Å². The van der Waals surface area contributed by atoms with E-state index in [4.69, 9.17) is 22.1 Å². The topological polar surface area (TPSA) is 112 Å². The van der Waals surface area contributed by atoms with Gasteiger partial charge >= 0.3 is 0 Å². The molecule has 1 aromatic heterocycles. The number of halogens is 1. The Morgan fingerprint density at radius 1 is 1.23 bits per heavy atom. The van der Waals surface area contributed by atoms with Crippen LogP contribution in [0.5, 0.6) is 5.75 Å². The van der Waals surface area contributed by atoms with Gasteiger partial charge in [0.25, 0.3) is 5.91 Å². The van der Waals surface area contributed by atoms with E-state index in [0.717, 1.165) is 0 Å². The third-order valence-electron chi connectivity index (χ3n) is 4.33. The minimum absolute atomic E-state index is 0.0920. The van der Waals surface area contributed by atoms with E-state index in [0.29, 0.717) is 34.0 Å². The standard InChI is InChI=1S/C21H22ClN5O3S/c1-3-27-20(13(2)30-15-8-6-7-14(22)11-15)25-26-21(27)31-12-18(28)24-17-10-5-4-9-16(17)19(23)29/h4-11,13H,3,12H2,1-2H3,(H2,23,29)(H,24,28). The molecule has 162 valence electrons. The average molecular weight is 460 g/mol. The van der Waals surface area contributed by atoms with Crippen LogP contribution in [0.4, 0.5) is 5.69 Å². The van der Waals surface area contributed by atoms with Gasteiger partial charge in [-0.05, 0) is 44.2 Å². The zero-order chi connectivity index (χ0) is 22.4. The van der Waals surface area contributed by atoms with Gasteiger partial charge in [0.15, 0.2) is 17.1 Å². The molecule has 3 N–H and O–H groups in total. The molecule has 1 unspecified atom stereocenters. The summed E-state index contributed by atoms with van der Waals surface area (Å²) in [6, 6.07) is 13.7. The number of nitrogens with two attached hydrogens (primary N) is 1. The summed E-state index contributed by atoms with van der Waals surface area (Å²) in [5, 5.41) is 12.3. The average Bonchev–Trinajstić information content (AvgIpc) is 3.15. The lowest BCUT2D eigenvalue weighted by molar-refractivity contribution is -0.113. The minimum atomic E-state index is -0.604. The molecule has 0 aliphatic carbocycles. The molecule has 0 saturated heterocycles. The highest BCUT2D eigenvalue weighted by atomic mass is 35.5. The second-order valence-electron chi connectivity index (χ2n) is 6.55. The number of rotatable bonds is 9. The Morgan fingerprint density at radius 3 is 2.71 bits per heavy atom. The summed E-state index contributed by atoms with van der Waals surface area (Å²) in [5.74, 6) is 0.480. The van der Waals surface area contributed by atoms with Crippen LogP contribution in [0.3, 0.4) is 0 Å². The molecule has 1 heterocycles. The van der Waals surface area contributed by atoms with E-state index in [1.807, 2.05) is 30.5 Å². The lowest BCUT2D eigenvalue weighted by atomic mass is 10.1. The lowest BCUT2D eigenvalue weighted by Gasteiger charge is -2.15. The van der Waals surface area contributed by atoms with Gasteiger partial charge in [-0.1, -0.05) is 41.6 Å². The van der Waals surface area contributed by atoms with Gasteiger partial charge < -0.3 is 20.4 Å². The van der Waals surface area contributed by atoms with Gasteiger partial charge in [-0.15, -0.1) is 10.2 Å². The number of carbonyl (C=O) groups is 2. The van der Waals surface area contributed by atoms with Crippen molar-refractivity contribution in [2.24, 2.45) is 5.73 Å². The molecule has 2 amide bonds. The summed E-state index contributed by atoms with van der Waals surface area (Å²) in [6.07, 6.45) is -0.364. The first kappa shape index (κ1) is 22.6. The number of benzene rings is 2.